The molecule has 1 fully saturated rings. The minimum atomic E-state index is -0.488. The summed E-state index contributed by atoms with van der Waals surface area (Å²) in [6.45, 7) is 4.17. The van der Waals surface area contributed by atoms with Gasteiger partial charge in [-0.2, -0.15) is 0 Å². The molecule has 6 nitrogen and oxygen atoms in total. The minimum Gasteiger partial charge on any atom is -0.479 e. The van der Waals surface area contributed by atoms with E-state index in [4.69, 9.17) is 9.47 Å². The molecule has 0 radical (unpaired) electrons. The number of amides is 2. The first-order valence-electron chi connectivity index (χ1n) is 7.09. The summed E-state index contributed by atoms with van der Waals surface area (Å²) in [7, 11) is 0. The number of benzene rings is 1. The Morgan fingerprint density at radius 1 is 1.38 bits per heavy atom. The van der Waals surface area contributed by atoms with Gasteiger partial charge in [0.15, 0.2) is 6.10 Å². The number of carbonyl (C=O) groups is 2. The van der Waals surface area contributed by atoms with Crippen LogP contribution < -0.4 is 10.1 Å². The van der Waals surface area contributed by atoms with Gasteiger partial charge in [-0.25, -0.2) is 0 Å². The molecule has 0 saturated carbocycles. The molecule has 112 valence electrons. The number of anilines is 1. The number of nitrogens with one attached hydrogen (secondary N) is 1. The first-order valence-corrected chi connectivity index (χ1v) is 7.09. The van der Waals surface area contributed by atoms with E-state index in [0.29, 0.717) is 44.2 Å². The highest BCUT2D eigenvalue weighted by Crippen LogP contribution is 2.30. The third-order valence-corrected chi connectivity index (χ3v) is 3.69. The number of hydrogen-bond acceptors (Lipinski definition) is 4. The van der Waals surface area contributed by atoms with Crippen LogP contribution in [-0.2, 0) is 20.7 Å². The third kappa shape index (κ3) is 3.00. The van der Waals surface area contributed by atoms with Crippen molar-refractivity contribution in [2.45, 2.75) is 19.4 Å². The van der Waals surface area contributed by atoms with Gasteiger partial charge in [-0.3, -0.25) is 9.59 Å². The van der Waals surface area contributed by atoms with Gasteiger partial charge in [0.25, 0.3) is 5.91 Å². The highest BCUT2D eigenvalue weighted by Gasteiger charge is 2.24. The molecule has 0 bridgehead atoms. The lowest BCUT2D eigenvalue weighted by Gasteiger charge is -2.27. The van der Waals surface area contributed by atoms with Gasteiger partial charge >= 0.3 is 0 Å². The molecular formula is C15H18N2O4. The predicted molar refractivity (Wildman–Crippen MR) is 76.3 cm³/mol. The smallest absolute Gasteiger partial charge is 0.265 e. The van der Waals surface area contributed by atoms with Crippen LogP contribution in [0.3, 0.4) is 0 Å². The second-order valence-electron chi connectivity index (χ2n) is 5.25. The molecule has 1 aromatic rings. The molecule has 2 aliphatic heterocycles. The molecule has 2 aliphatic rings. The van der Waals surface area contributed by atoms with Gasteiger partial charge in [-0.1, -0.05) is 6.07 Å². The van der Waals surface area contributed by atoms with E-state index in [1.165, 1.54) is 0 Å². The van der Waals surface area contributed by atoms with Crippen LogP contribution in [0.5, 0.6) is 5.75 Å². The van der Waals surface area contributed by atoms with Crippen molar-refractivity contribution in [1.29, 1.82) is 0 Å². The quantitative estimate of drug-likeness (QED) is 0.875. The second-order valence-corrected chi connectivity index (χ2v) is 5.25. The van der Waals surface area contributed by atoms with Gasteiger partial charge in [0, 0.05) is 13.1 Å². The largest absolute Gasteiger partial charge is 0.479 e. The van der Waals surface area contributed by atoms with Gasteiger partial charge < -0.3 is 19.7 Å². The molecular weight excluding hydrogens is 272 g/mol. The fraction of sp³-hybridized carbons (Fsp3) is 0.467. The summed E-state index contributed by atoms with van der Waals surface area (Å²) in [5.74, 6) is 0.554. The summed E-state index contributed by atoms with van der Waals surface area (Å²) < 4.78 is 10.7. The fourth-order valence-electron chi connectivity index (χ4n) is 2.47. The molecule has 0 spiro atoms. The number of ether oxygens (including phenoxy) is 2. The van der Waals surface area contributed by atoms with Gasteiger partial charge in [-0.15, -0.1) is 0 Å². The number of morpholine rings is 1. The lowest BCUT2D eigenvalue weighted by Crippen LogP contribution is -2.41. The van der Waals surface area contributed by atoms with Crippen molar-refractivity contribution >= 4 is 17.5 Å². The number of nitrogens with zero attached hydrogens (tertiary/aromatic N) is 1. The predicted octanol–water partition coefficient (Wildman–Crippen LogP) is 0.807. The monoisotopic (exact) mass is 290 g/mol. The van der Waals surface area contributed by atoms with E-state index >= 15 is 0 Å². The van der Waals surface area contributed by atoms with Crippen molar-refractivity contribution in [1.82, 2.24) is 4.90 Å². The molecule has 1 saturated heterocycles. The van der Waals surface area contributed by atoms with E-state index in [1.54, 1.807) is 24.0 Å². The highest BCUT2D eigenvalue weighted by molar-refractivity contribution is 5.97. The average molecular weight is 290 g/mol. The maximum atomic E-state index is 12.2. The van der Waals surface area contributed by atoms with Crippen LogP contribution in [-0.4, -0.2) is 49.1 Å². The van der Waals surface area contributed by atoms with Gasteiger partial charge in [-0.05, 0) is 24.6 Å². The standard InChI is InChI=1S/C15H18N2O4/c1-10-15(19)16-12-8-11(2-3-13(12)21-10)9-14(18)17-4-6-20-7-5-17/h2-3,8,10H,4-7,9H2,1H3,(H,16,19). The SMILES string of the molecule is CC1Oc2ccc(CC(=O)N3CCOCC3)cc2NC1=O. The summed E-state index contributed by atoms with van der Waals surface area (Å²) in [6, 6.07) is 5.46. The van der Waals surface area contributed by atoms with Crippen LogP contribution in [0.25, 0.3) is 0 Å². The van der Waals surface area contributed by atoms with E-state index in [9.17, 15) is 9.59 Å². The topological polar surface area (TPSA) is 67.9 Å². The molecule has 2 amide bonds. The van der Waals surface area contributed by atoms with Crippen LogP contribution in [0.1, 0.15) is 12.5 Å². The van der Waals surface area contributed by atoms with Crippen LogP contribution in [0.4, 0.5) is 5.69 Å². The molecule has 0 aromatic heterocycles. The van der Waals surface area contributed by atoms with Crippen LogP contribution in [0.2, 0.25) is 0 Å². The van der Waals surface area contributed by atoms with E-state index in [-0.39, 0.29) is 11.8 Å². The Kier molecular flexibility index (Phi) is 3.79. The number of hydrogen-bond donors (Lipinski definition) is 1. The summed E-state index contributed by atoms with van der Waals surface area (Å²) in [6.07, 6.45) is -0.169. The van der Waals surface area contributed by atoms with Gasteiger partial charge in [0.2, 0.25) is 5.91 Å². The molecule has 1 N–H and O–H groups in total. The maximum Gasteiger partial charge on any atom is 0.265 e. The summed E-state index contributed by atoms with van der Waals surface area (Å²) >= 11 is 0. The van der Waals surface area contributed by atoms with E-state index in [1.807, 2.05) is 6.07 Å². The molecule has 1 atom stereocenters. The summed E-state index contributed by atoms with van der Waals surface area (Å²) in [5, 5.41) is 2.79. The molecule has 6 heteroatoms. The van der Waals surface area contributed by atoms with Crippen molar-refractivity contribution in [2.75, 3.05) is 31.6 Å². The lowest BCUT2D eigenvalue weighted by molar-refractivity contribution is -0.134. The first kappa shape index (κ1) is 13.9. The molecule has 2 heterocycles. The van der Waals surface area contributed by atoms with E-state index < -0.39 is 6.10 Å². The fourth-order valence-corrected chi connectivity index (χ4v) is 2.47. The Balaban J connectivity index is 1.70. The van der Waals surface area contributed by atoms with Crippen LogP contribution >= 0.6 is 0 Å². The Morgan fingerprint density at radius 2 is 2.14 bits per heavy atom. The highest BCUT2D eigenvalue weighted by atomic mass is 16.5. The minimum absolute atomic E-state index is 0.0784. The van der Waals surface area contributed by atoms with Crippen molar-refractivity contribution in [2.24, 2.45) is 0 Å². The Labute approximate surface area is 123 Å². The Morgan fingerprint density at radius 3 is 2.90 bits per heavy atom. The van der Waals surface area contributed by atoms with Gasteiger partial charge in [0.1, 0.15) is 5.75 Å². The molecule has 3 rings (SSSR count). The number of carbonyl (C=O) groups excluding carboxylic acids is 2. The zero-order valence-corrected chi connectivity index (χ0v) is 11.9. The van der Waals surface area contributed by atoms with E-state index in [0.717, 1.165) is 5.56 Å². The lowest BCUT2D eigenvalue weighted by atomic mass is 10.1. The first-order chi connectivity index (χ1) is 10.1. The Hall–Kier alpha value is -2.08. The average Bonchev–Trinajstić information content (AvgIpc) is 2.49. The second kappa shape index (κ2) is 5.73. The van der Waals surface area contributed by atoms with Gasteiger partial charge in [0.05, 0.1) is 25.3 Å². The van der Waals surface area contributed by atoms with Crippen molar-refractivity contribution in [3.8, 4) is 5.75 Å². The van der Waals surface area contributed by atoms with Crippen LogP contribution in [0.15, 0.2) is 18.2 Å². The molecule has 0 aliphatic carbocycles. The van der Waals surface area contributed by atoms with Crippen LogP contribution in [0, 0.1) is 0 Å². The van der Waals surface area contributed by atoms with Crippen molar-refractivity contribution < 1.29 is 19.1 Å². The molecule has 1 aromatic carbocycles. The van der Waals surface area contributed by atoms with Crippen molar-refractivity contribution in [3.63, 3.8) is 0 Å². The zero-order chi connectivity index (χ0) is 14.8. The molecule has 21 heavy (non-hydrogen) atoms. The van der Waals surface area contributed by atoms with Crippen molar-refractivity contribution in [3.05, 3.63) is 23.8 Å². The number of rotatable bonds is 2. The maximum absolute atomic E-state index is 12.2. The van der Waals surface area contributed by atoms with E-state index in [2.05, 4.69) is 5.32 Å². The third-order valence-electron chi connectivity index (χ3n) is 3.69. The zero-order valence-electron chi connectivity index (χ0n) is 11.9. The Bertz CT molecular complexity index is 567. The summed E-state index contributed by atoms with van der Waals surface area (Å²) in [4.78, 5) is 25.6. The molecule has 1 unspecified atom stereocenters. The summed E-state index contributed by atoms with van der Waals surface area (Å²) in [5.41, 5.74) is 1.49. The number of fused-ring (bicyclic) bond motifs is 1. The normalized spacial score (nSPS) is 21.3.